The van der Waals surface area contributed by atoms with Gasteiger partial charge in [-0.15, -0.1) is 0 Å². The normalized spacial score (nSPS) is 22.2. The van der Waals surface area contributed by atoms with Gasteiger partial charge in [0.25, 0.3) is 0 Å². The molecule has 2 saturated heterocycles. The second-order valence-corrected chi connectivity index (χ2v) is 7.84. The number of amides is 1. The van der Waals surface area contributed by atoms with E-state index in [0.29, 0.717) is 24.1 Å². The molecule has 2 aliphatic heterocycles. The maximum absolute atomic E-state index is 14.0. The topological polar surface area (TPSA) is 26.8 Å². The van der Waals surface area contributed by atoms with Crippen molar-refractivity contribution >= 4 is 23.4 Å². The number of nitrogens with zero attached hydrogens (tertiary/aromatic N) is 3. The molecule has 0 bridgehead atoms. The zero-order valence-electron chi connectivity index (χ0n) is 15.0. The standard InChI is InChI=1S/C19H28FN3OS/c1-25-14-8-19(24)23-9-4-5-16(15-23)21-10-12-22(13-11-21)18-7-3-2-6-17(18)20/h2-3,6-7,16H,4-5,8-15H2,1H3. The first-order chi connectivity index (χ1) is 12.2. The molecule has 138 valence electrons. The van der Waals surface area contributed by atoms with Crippen molar-refractivity contribution in [1.29, 1.82) is 0 Å². The fraction of sp³-hybridized carbons (Fsp3) is 0.632. The van der Waals surface area contributed by atoms with Gasteiger partial charge < -0.3 is 9.80 Å². The van der Waals surface area contributed by atoms with Gasteiger partial charge in [-0.05, 0) is 31.2 Å². The van der Waals surface area contributed by atoms with Crippen LogP contribution in [0.5, 0.6) is 0 Å². The van der Waals surface area contributed by atoms with E-state index < -0.39 is 0 Å². The van der Waals surface area contributed by atoms with E-state index in [0.717, 1.165) is 57.9 Å². The summed E-state index contributed by atoms with van der Waals surface area (Å²) in [5.41, 5.74) is 0.708. The van der Waals surface area contributed by atoms with E-state index in [2.05, 4.69) is 9.80 Å². The summed E-state index contributed by atoms with van der Waals surface area (Å²) in [6.45, 7) is 5.32. The van der Waals surface area contributed by atoms with E-state index in [1.165, 1.54) is 6.07 Å². The van der Waals surface area contributed by atoms with Crippen molar-refractivity contribution in [2.75, 3.05) is 56.2 Å². The first-order valence-electron chi connectivity index (χ1n) is 9.19. The molecule has 1 aromatic rings. The van der Waals surface area contributed by atoms with Crippen molar-refractivity contribution in [2.24, 2.45) is 0 Å². The third-order valence-corrected chi connectivity index (χ3v) is 5.91. The second-order valence-electron chi connectivity index (χ2n) is 6.85. The molecular formula is C19H28FN3OS. The Bertz CT molecular complexity index is 578. The molecule has 1 amide bonds. The Morgan fingerprint density at radius 2 is 1.96 bits per heavy atom. The van der Waals surface area contributed by atoms with Crippen LogP contribution in [-0.2, 0) is 4.79 Å². The molecule has 0 aliphatic carbocycles. The van der Waals surface area contributed by atoms with Crippen LogP contribution in [-0.4, -0.2) is 73.0 Å². The summed E-state index contributed by atoms with van der Waals surface area (Å²) in [6.07, 6.45) is 4.94. The quantitative estimate of drug-likeness (QED) is 0.802. The van der Waals surface area contributed by atoms with Gasteiger partial charge in [-0.2, -0.15) is 11.8 Å². The van der Waals surface area contributed by atoms with Gasteiger partial charge in [-0.1, -0.05) is 12.1 Å². The van der Waals surface area contributed by atoms with Gasteiger partial charge in [-0.3, -0.25) is 9.69 Å². The number of rotatable bonds is 5. The Morgan fingerprint density at radius 3 is 2.68 bits per heavy atom. The number of carbonyl (C=O) groups excluding carboxylic acids is 1. The van der Waals surface area contributed by atoms with E-state index in [1.807, 2.05) is 23.3 Å². The van der Waals surface area contributed by atoms with Gasteiger partial charge >= 0.3 is 0 Å². The molecule has 0 saturated carbocycles. The molecule has 0 radical (unpaired) electrons. The van der Waals surface area contributed by atoms with Crippen LogP contribution in [0.2, 0.25) is 0 Å². The van der Waals surface area contributed by atoms with E-state index in [-0.39, 0.29) is 5.82 Å². The second kappa shape index (κ2) is 8.90. The monoisotopic (exact) mass is 365 g/mol. The summed E-state index contributed by atoms with van der Waals surface area (Å²) < 4.78 is 14.0. The number of halogens is 1. The number of thioether (sulfide) groups is 1. The lowest BCUT2D eigenvalue weighted by Gasteiger charge is -2.44. The minimum absolute atomic E-state index is 0.140. The Morgan fingerprint density at radius 1 is 1.20 bits per heavy atom. The average Bonchev–Trinajstić information content (AvgIpc) is 2.67. The fourth-order valence-corrected chi connectivity index (χ4v) is 4.24. The average molecular weight is 366 g/mol. The maximum Gasteiger partial charge on any atom is 0.223 e. The summed E-state index contributed by atoms with van der Waals surface area (Å²) in [5, 5.41) is 0. The molecule has 3 rings (SSSR count). The highest BCUT2D eigenvalue weighted by molar-refractivity contribution is 7.98. The number of anilines is 1. The van der Waals surface area contributed by atoms with Crippen molar-refractivity contribution < 1.29 is 9.18 Å². The Balaban J connectivity index is 1.52. The van der Waals surface area contributed by atoms with Crippen LogP contribution in [0.4, 0.5) is 10.1 Å². The minimum atomic E-state index is -0.140. The molecule has 6 heteroatoms. The van der Waals surface area contributed by atoms with Gasteiger partial charge in [0.05, 0.1) is 5.69 Å². The largest absolute Gasteiger partial charge is 0.367 e. The van der Waals surface area contributed by atoms with Gasteiger partial charge in [0.2, 0.25) is 5.91 Å². The Kier molecular flexibility index (Phi) is 6.59. The van der Waals surface area contributed by atoms with Crippen LogP contribution >= 0.6 is 11.8 Å². The van der Waals surface area contributed by atoms with Crippen LogP contribution in [0, 0.1) is 5.82 Å². The highest BCUT2D eigenvalue weighted by Gasteiger charge is 2.30. The van der Waals surface area contributed by atoms with Gasteiger partial charge in [0.15, 0.2) is 0 Å². The first-order valence-corrected chi connectivity index (χ1v) is 10.6. The van der Waals surface area contributed by atoms with Crippen molar-refractivity contribution in [3.8, 4) is 0 Å². The Hall–Kier alpha value is -1.27. The van der Waals surface area contributed by atoms with Crippen LogP contribution < -0.4 is 4.90 Å². The number of piperidine rings is 1. The number of carbonyl (C=O) groups is 1. The fourth-order valence-electron chi connectivity index (χ4n) is 3.86. The van der Waals surface area contributed by atoms with Crippen molar-refractivity contribution in [3.05, 3.63) is 30.1 Å². The molecule has 1 unspecified atom stereocenters. The lowest BCUT2D eigenvalue weighted by Crippen LogP contribution is -2.56. The number of benzene rings is 1. The third-order valence-electron chi connectivity index (χ3n) is 5.29. The number of hydrogen-bond donors (Lipinski definition) is 0. The van der Waals surface area contributed by atoms with Crippen LogP contribution in [0.1, 0.15) is 19.3 Å². The van der Waals surface area contributed by atoms with Gasteiger partial charge in [-0.25, -0.2) is 4.39 Å². The van der Waals surface area contributed by atoms with E-state index >= 15 is 0 Å². The summed E-state index contributed by atoms with van der Waals surface area (Å²) in [4.78, 5) is 19.0. The van der Waals surface area contributed by atoms with E-state index in [1.54, 1.807) is 17.8 Å². The molecule has 2 fully saturated rings. The minimum Gasteiger partial charge on any atom is -0.367 e. The lowest BCUT2D eigenvalue weighted by molar-refractivity contribution is -0.132. The van der Waals surface area contributed by atoms with E-state index in [9.17, 15) is 9.18 Å². The van der Waals surface area contributed by atoms with E-state index in [4.69, 9.17) is 0 Å². The predicted octanol–water partition coefficient (Wildman–Crippen LogP) is 2.69. The van der Waals surface area contributed by atoms with Crippen LogP contribution in [0.25, 0.3) is 0 Å². The molecule has 0 spiro atoms. The van der Waals surface area contributed by atoms with Gasteiger partial charge in [0, 0.05) is 57.5 Å². The number of hydrogen-bond acceptors (Lipinski definition) is 4. The lowest BCUT2D eigenvalue weighted by atomic mass is 10.0. The summed E-state index contributed by atoms with van der Waals surface area (Å²) in [5.74, 6) is 1.06. The predicted molar refractivity (Wildman–Crippen MR) is 103 cm³/mol. The molecule has 0 N–H and O–H groups in total. The third kappa shape index (κ3) is 4.67. The molecule has 25 heavy (non-hydrogen) atoms. The summed E-state index contributed by atoms with van der Waals surface area (Å²) in [7, 11) is 0. The van der Waals surface area contributed by atoms with Crippen molar-refractivity contribution in [1.82, 2.24) is 9.80 Å². The molecule has 1 atom stereocenters. The Labute approximate surface area is 154 Å². The molecule has 2 aliphatic rings. The number of piperazine rings is 1. The van der Waals surface area contributed by atoms with Crippen molar-refractivity contribution in [2.45, 2.75) is 25.3 Å². The zero-order valence-corrected chi connectivity index (χ0v) is 15.8. The summed E-state index contributed by atoms with van der Waals surface area (Å²) >= 11 is 1.73. The van der Waals surface area contributed by atoms with Crippen LogP contribution in [0.3, 0.4) is 0 Å². The smallest absolute Gasteiger partial charge is 0.223 e. The van der Waals surface area contributed by atoms with Gasteiger partial charge in [0.1, 0.15) is 5.82 Å². The molecule has 1 aromatic carbocycles. The SMILES string of the molecule is CSCCC(=O)N1CCCC(N2CCN(c3ccccc3F)CC2)C1. The number of para-hydroxylation sites is 1. The molecule has 4 nitrogen and oxygen atoms in total. The highest BCUT2D eigenvalue weighted by Crippen LogP contribution is 2.23. The van der Waals surface area contributed by atoms with Crippen molar-refractivity contribution in [3.63, 3.8) is 0 Å². The highest BCUT2D eigenvalue weighted by atomic mass is 32.2. The first kappa shape index (κ1) is 18.5. The molecular weight excluding hydrogens is 337 g/mol. The zero-order chi connectivity index (χ0) is 17.6. The molecule has 0 aromatic heterocycles. The number of likely N-dealkylation sites (tertiary alicyclic amines) is 1. The maximum atomic E-state index is 14.0. The summed E-state index contributed by atoms with van der Waals surface area (Å²) in [6, 6.07) is 7.47. The molecule has 2 heterocycles. The van der Waals surface area contributed by atoms with Crippen LogP contribution in [0.15, 0.2) is 24.3 Å².